The number of hydrogen-bond donors (Lipinski definition) is 4. The van der Waals surface area contributed by atoms with Crippen molar-refractivity contribution in [2.75, 3.05) is 55.3 Å². The molecule has 1 aliphatic heterocycles. The van der Waals surface area contributed by atoms with Crippen LogP contribution >= 0.6 is 11.6 Å². The molecule has 4 aromatic rings. The molecular weight excluding hydrogens is 561 g/mol. The number of benzene rings is 2. The monoisotopic (exact) mass is 588 g/mol. The summed E-state index contributed by atoms with van der Waals surface area (Å²) in [5.74, 6) is 0.461. The van der Waals surface area contributed by atoms with Crippen LogP contribution in [0.4, 0.5) is 35.3 Å². The van der Waals surface area contributed by atoms with E-state index in [1.165, 1.54) is 6.07 Å². The number of alkyl halides is 3. The molecule has 2 aromatic heterocycles. The van der Waals surface area contributed by atoms with Gasteiger partial charge in [-0.25, -0.2) is 9.78 Å². The number of amides is 2. The molecule has 2 aromatic carbocycles. The van der Waals surface area contributed by atoms with Gasteiger partial charge < -0.3 is 20.7 Å². The minimum atomic E-state index is -4.75. The molecule has 0 radical (unpaired) electrons. The quantitative estimate of drug-likeness (QED) is 0.219. The number of aromatic nitrogens is 4. The Labute approximate surface area is 238 Å². The Hall–Kier alpha value is -3.94. The van der Waals surface area contributed by atoms with E-state index in [1.54, 1.807) is 12.1 Å². The molecule has 3 heterocycles. The standard InChI is InChI=1S/C27H28ClF3N8O2/c1-15-5-3-7-18(34-26(40)35-19-8-4-6-17(28)22(19)27(29,30)31)20(15)23-21-16(2)33-25(36-24(21)38-37-23)32-9-10-39-11-13-41-14-12-39/h3-8H,9-14H2,1-2H3,(H2,34,35,40)(H2,32,33,36,37,38). The van der Waals surface area contributed by atoms with E-state index >= 15 is 0 Å². The number of fused-ring (bicyclic) bond motifs is 1. The molecule has 10 nitrogen and oxygen atoms in total. The molecule has 14 heteroatoms. The Morgan fingerprint density at radius 3 is 2.54 bits per heavy atom. The summed E-state index contributed by atoms with van der Waals surface area (Å²) in [7, 11) is 0. The van der Waals surface area contributed by atoms with Crippen molar-refractivity contribution in [1.82, 2.24) is 25.1 Å². The van der Waals surface area contributed by atoms with Crippen LogP contribution in [0.1, 0.15) is 16.8 Å². The van der Waals surface area contributed by atoms with Gasteiger partial charge in [-0.1, -0.05) is 29.8 Å². The van der Waals surface area contributed by atoms with E-state index in [0.717, 1.165) is 50.5 Å². The van der Waals surface area contributed by atoms with Gasteiger partial charge in [0.2, 0.25) is 5.95 Å². The van der Waals surface area contributed by atoms with Gasteiger partial charge in [0.1, 0.15) is 5.69 Å². The molecule has 4 N–H and O–H groups in total. The summed E-state index contributed by atoms with van der Waals surface area (Å²) in [6.07, 6.45) is -4.75. The Morgan fingerprint density at radius 1 is 1.07 bits per heavy atom. The molecule has 0 unspecified atom stereocenters. The number of hydrogen-bond acceptors (Lipinski definition) is 7. The number of nitrogens with one attached hydrogen (secondary N) is 4. The number of aryl methyl sites for hydroxylation is 2. The van der Waals surface area contributed by atoms with E-state index in [2.05, 4.69) is 41.0 Å². The van der Waals surface area contributed by atoms with Crippen LogP contribution in [-0.4, -0.2) is 70.5 Å². The Bertz CT molecular complexity index is 1570. The number of aromatic amines is 1. The number of ether oxygens (including phenoxy) is 1. The fourth-order valence-electron chi connectivity index (χ4n) is 4.79. The lowest BCUT2D eigenvalue weighted by atomic mass is 10.0. The number of H-pyrrole nitrogens is 1. The molecule has 0 atom stereocenters. The molecule has 0 saturated carbocycles. The molecule has 0 spiro atoms. The highest BCUT2D eigenvalue weighted by molar-refractivity contribution is 6.32. The summed E-state index contributed by atoms with van der Waals surface area (Å²) in [6.45, 7) is 8.40. The maximum atomic E-state index is 13.6. The molecule has 1 saturated heterocycles. The van der Waals surface area contributed by atoms with Crippen LogP contribution in [0.25, 0.3) is 22.3 Å². The first kappa shape index (κ1) is 28.6. The molecule has 0 aliphatic carbocycles. The van der Waals surface area contributed by atoms with Crippen molar-refractivity contribution in [2.45, 2.75) is 20.0 Å². The van der Waals surface area contributed by atoms with Crippen LogP contribution in [0, 0.1) is 13.8 Å². The zero-order chi connectivity index (χ0) is 29.1. The Balaban J connectivity index is 1.38. The van der Waals surface area contributed by atoms with Crippen LogP contribution in [0.15, 0.2) is 36.4 Å². The minimum Gasteiger partial charge on any atom is -0.379 e. The predicted octanol–water partition coefficient (Wildman–Crippen LogP) is 5.70. The summed E-state index contributed by atoms with van der Waals surface area (Å²) in [6, 6.07) is 7.92. The number of nitrogens with zero attached hydrogens (tertiary/aromatic N) is 4. The molecule has 41 heavy (non-hydrogen) atoms. The van der Waals surface area contributed by atoms with Gasteiger partial charge in [0.25, 0.3) is 0 Å². The van der Waals surface area contributed by atoms with Gasteiger partial charge in [-0.3, -0.25) is 10.00 Å². The van der Waals surface area contributed by atoms with Crippen molar-refractivity contribution in [2.24, 2.45) is 0 Å². The number of urea groups is 1. The van der Waals surface area contributed by atoms with Crippen molar-refractivity contribution >= 4 is 46.0 Å². The Kier molecular flexibility index (Phi) is 8.29. The zero-order valence-corrected chi connectivity index (χ0v) is 23.1. The zero-order valence-electron chi connectivity index (χ0n) is 22.3. The van der Waals surface area contributed by atoms with Crippen LogP contribution in [-0.2, 0) is 10.9 Å². The van der Waals surface area contributed by atoms with Gasteiger partial charge in [-0.05, 0) is 37.6 Å². The first-order valence-corrected chi connectivity index (χ1v) is 13.3. The normalized spacial score (nSPS) is 14.3. The van der Waals surface area contributed by atoms with E-state index in [0.29, 0.717) is 46.2 Å². The summed E-state index contributed by atoms with van der Waals surface area (Å²) in [5.41, 5.74) is 1.80. The number of halogens is 4. The maximum Gasteiger partial charge on any atom is 0.419 e. The van der Waals surface area contributed by atoms with Gasteiger partial charge >= 0.3 is 12.2 Å². The predicted molar refractivity (Wildman–Crippen MR) is 151 cm³/mol. The van der Waals surface area contributed by atoms with E-state index in [1.807, 2.05) is 19.9 Å². The van der Waals surface area contributed by atoms with Crippen LogP contribution in [0.5, 0.6) is 0 Å². The molecule has 2 amide bonds. The molecule has 216 valence electrons. The van der Waals surface area contributed by atoms with Crippen molar-refractivity contribution < 1.29 is 22.7 Å². The minimum absolute atomic E-state index is 0.346. The number of morpholine rings is 1. The van der Waals surface area contributed by atoms with E-state index in [-0.39, 0.29) is 0 Å². The second kappa shape index (κ2) is 11.9. The fourth-order valence-corrected chi connectivity index (χ4v) is 5.07. The van der Waals surface area contributed by atoms with Crippen LogP contribution in [0.3, 0.4) is 0 Å². The first-order chi connectivity index (χ1) is 19.6. The van der Waals surface area contributed by atoms with Gasteiger partial charge in [-0.15, -0.1) is 0 Å². The molecule has 5 rings (SSSR count). The lowest BCUT2D eigenvalue weighted by molar-refractivity contribution is -0.136. The average molecular weight is 589 g/mol. The van der Waals surface area contributed by atoms with Crippen molar-refractivity contribution in [3.63, 3.8) is 0 Å². The number of carbonyl (C=O) groups is 1. The van der Waals surface area contributed by atoms with Gasteiger partial charge in [0, 0.05) is 31.7 Å². The highest BCUT2D eigenvalue weighted by Crippen LogP contribution is 2.40. The summed E-state index contributed by atoms with van der Waals surface area (Å²) < 4.78 is 46.1. The van der Waals surface area contributed by atoms with E-state index < -0.39 is 28.5 Å². The van der Waals surface area contributed by atoms with Crippen LogP contribution < -0.4 is 16.0 Å². The second-order valence-electron chi connectivity index (χ2n) is 9.55. The topological polar surface area (TPSA) is 120 Å². The lowest BCUT2D eigenvalue weighted by Crippen LogP contribution is -2.39. The van der Waals surface area contributed by atoms with Gasteiger partial charge in [-0.2, -0.15) is 23.3 Å². The van der Waals surface area contributed by atoms with Gasteiger partial charge in [0.15, 0.2) is 5.65 Å². The highest BCUT2D eigenvalue weighted by atomic mass is 35.5. The molecule has 1 fully saturated rings. The first-order valence-electron chi connectivity index (χ1n) is 12.9. The number of anilines is 3. The van der Waals surface area contributed by atoms with Gasteiger partial charge in [0.05, 0.1) is 46.3 Å². The third kappa shape index (κ3) is 6.37. The molecule has 0 bridgehead atoms. The number of carbonyl (C=O) groups excluding carboxylic acids is 1. The van der Waals surface area contributed by atoms with E-state index in [9.17, 15) is 18.0 Å². The smallest absolute Gasteiger partial charge is 0.379 e. The number of rotatable bonds is 7. The molecular formula is C27H28ClF3N8O2. The maximum absolute atomic E-state index is 13.6. The summed E-state index contributed by atoms with van der Waals surface area (Å²) in [5, 5.41) is 15.8. The third-order valence-corrected chi connectivity index (χ3v) is 7.03. The Morgan fingerprint density at radius 2 is 1.78 bits per heavy atom. The SMILES string of the molecule is Cc1cccc(NC(=O)Nc2cccc(Cl)c2C(F)(F)F)c1-c1n[nH]c2nc(NCCN3CCOCC3)nc(C)c12. The van der Waals surface area contributed by atoms with Crippen molar-refractivity contribution in [3.8, 4) is 11.3 Å². The van der Waals surface area contributed by atoms with Crippen LogP contribution in [0.2, 0.25) is 5.02 Å². The largest absolute Gasteiger partial charge is 0.419 e. The van der Waals surface area contributed by atoms with Crippen molar-refractivity contribution in [1.29, 1.82) is 0 Å². The summed E-state index contributed by atoms with van der Waals surface area (Å²) >= 11 is 5.79. The second-order valence-corrected chi connectivity index (χ2v) is 9.95. The molecule has 1 aliphatic rings. The van der Waals surface area contributed by atoms with Crippen molar-refractivity contribution in [3.05, 3.63) is 58.2 Å². The lowest BCUT2D eigenvalue weighted by Gasteiger charge is -2.26. The fraction of sp³-hybridized carbons (Fsp3) is 0.333. The third-order valence-electron chi connectivity index (χ3n) is 6.72. The average Bonchev–Trinajstić information content (AvgIpc) is 3.33. The van der Waals surface area contributed by atoms with E-state index in [4.69, 9.17) is 16.3 Å². The summed E-state index contributed by atoms with van der Waals surface area (Å²) in [4.78, 5) is 24.4. The highest BCUT2D eigenvalue weighted by Gasteiger charge is 2.36.